The van der Waals surface area contributed by atoms with Gasteiger partial charge in [0, 0.05) is 18.7 Å². The standard InChI is InChI=1S/C12H14N4O/c1-7-3-11(10(5-13)8(2)15-7)16-9-4-12(17)14-6-9/h3,9H,4,6H2,1-2H3,(H,14,17)(H,15,16). The van der Waals surface area contributed by atoms with Gasteiger partial charge in [0.05, 0.1) is 23.0 Å². The molecular weight excluding hydrogens is 216 g/mol. The van der Waals surface area contributed by atoms with E-state index in [9.17, 15) is 4.79 Å². The number of carbonyl (C=O) groups excluding carboxylic acids is 1. The van der Waals surface area contributed by atoms with Crippen molar-refractivity contribution in [2.24, 2.45) is 0 Å². The van der Waals surface area contributed by atoms with Crippen molar-refractivity contribution >= 4 is 11.6 Å². The summed E-state index contributed by atoms with van der Waals surface area (Å²) in [6.07, 6.45) is 0.450. The average molecular weight is 230 g/mol. The molecule has 1 saturated heterocycles. The van der Waals surface area contributed by atoms with Crippen LogP contribution in [0, 0.1) is 25.2 Å². The number of hydrogen-bond acceptors (Lipinski definition) is 4. The molecule has 17 heavy (non-hydrogen) atoms. The lowest BCUT2D eigenvalue weighted by molar-refractivity contribution is -0.119. The molecule has 1 unspecified atom stereocenters. The van der Waals surface area contributed by atoms with Crippen LogP contribution in [0.4, 0.5) is 5.69 Å². The highest BCUT2D eigenvalue weighted by molar-refractivity contribution is 5.80. The molecule has 1 aliphatic rings. The van der Waals surface area contributed by atoms with Gasteiger partial charge in [0.25, 0.3) is 0 Å². The number of pyridine rings is 1. The minimum Gasteiger partial charge on any atom is -0.379 e. The molecule has 88 valence electrons. The van der Waals surface area contributed by atoms with Gasteiger partial charge in [-0.25, -0.2) is 0 Å². The van der Waals surface area contributed by atoms with Crippen LogP contribution in [0.3, 0.4) is 0 Å². The van der Waals surface area contributed by atoms with Gasteiger partial charge in [-0.15, -0.1) is 0 Å². The maximum Gasteiger partial charge on any atom is 0.222 e. The lowest BCUT2D eigenvalue weighted by Gasteiger charge is -2.14. The van der Waals surface area contributed by atoms with Gasteiger partial charge in [-0.2, -0.15) is 5.26 Å². The van der Waals surface area contributed by atoms with Crippen molar-refractivity contribution in [3.8, 4) is 6.07 Å². The molecule has 0 aromatic carbocycles. The summed E-state index contributed by atoms with van der Waals surface area (Å²) in [6, 6.07) is 4.04. The molecule has 1 aromatic rings. The molecular formula is C12H14N4O. The number of hydrogen-bond donors (Lipinski definition) is 2. The second-order valence-electron chi connectivity index (χ2n) is 4.23. The molecule has 0 bridgehead atoms. The zero-order valence-electron chi connectivity index (χ0n) is 9.87. The van der Waals surface area contributed by atoms with Gasteiger partial charge in [-0.1, -0.05) is 0 Å². The number of amides is 1. The predicted molar refractivity (Wildman–Crippen MR) is 63.5 cm³/mol. The fraction of sp³-hybridized carbons (Fsp3) is 0.417. The van der Waals surface area contributed by atoms with Crippen molar-refractivity contribution in [3.05, 3.63) is 23.0 Å². The van der Waals surface area contributed by atoms with E-state index < -0.39 is 0 Å². The molecule has 5 nitrogen and oxygen atoms in total. The maximum atomic E-state index is 11.1. The summed E-state index contributed by atoms with van der Waals surface area (Å²) in [5.74, 6) is 0.0449. The van der Waals surface area contributed by atoms with Gasteiger partial charge in [-0.3, -0.25) is 9.78 Å². The minimum absolute atomic E-state index is 0.0449. The zero-order chi connectivity index (χ0) is 12.4. The Morgan fingerprint density at radius 1 is 1.59 bits per heavy atom. The maximum absolute atomic E-state index is 11.1. The Morgan fingerprint density at radius 2 is 2.35 bits per heavy atom. The number of nitrogens with one attached hydrogen (secondary N) is 2. The van der Waals surface area contributed by atoms with E-state index >= 15 is 0 Å². The van der Waals surface area contributed by atoms with Crippen molar-refractivity contribution in [3.63, 3.8) is 0 Å². The molecule has 1 aromatic heterocycles. The first-order valence-electron chi connectivity index (χ1n) is 5.51. The number of aryl methyl sites for hydroxylation is 2. The second-order valence-corrected chi connectivity index (χ2v) is 4.23. The highest BCUT2D eigenvalue weighted by Gasteiger charge is 2.22. The molecule has 2 rings (SSSR count). The Balaban J connectivity index is 2.26. The first-order chi connectivity index (χ1) is 8.10. The van der Waals surface area contributed by atoms with Crippen LogP contribution in [0.1, 0.15) is 23.4 Å². The summed E-state index contributed by atoms with van der Waals surface area (Å²) in [4.78, 5) is 15.4. The molecule has 0 spiro atoms. The second kappa shape index (κ2) is 4.42. The molecule has 1 atom stereocenters. The molecule has 1 amide bonds. The van der Waals surface area contributed by atoms with Crippen LogP contribution in [0.5, 0.6) is 0 Å². The molecule has 0 saturated carbocycles. The van der Waals surface area contributed by atoms with Gasteiger partial charge in [0.2, 0.25) is 5.91 Å². The summed E-state index contributed by atoms with van der Waals surface area (Å²) in [7, 11) is 0. The molecule has 2 heterocycles. The number of rotatable bonds is 2. The number of nitriles is 1. The van der Waals surface area contributed by atoms with Crippen LogP contribution in [0.15, 0.2) is 6.07 Å². The zero-order valence-corrected chi connectivity index (χ0v) is 9.87. The van der Waals surface area contributed by atoms with Crippen molar-refractivity contribution in [1.29, 1.82) is 5.26 Å². The Morgan fingerprint density at radius 3 is 2.94 bits per heavy atom. The van der Waals surface area contributed by atoms with Crippen molar-refractivity contribution in [2.45, 2.75) is 26.3 Å². The summed E-state index contributed by atoms with van der Waals surface area (Å²) >= 11 is 0. The summed E-state index contributed by atoms with van der Waals surface area (Å²) in [5.41, 5.74) is 2.89. The molecule has 2 N–H and O–H groups in total. The average Bonchev–Trinajstić information content (AvgIpc) is 2.63. The molecule has 1 fully saturated rings. The molecule has 5 heteroatoms. The third kappa shape index (κ3) is 2.36. The van der Waals surface area contributed by atoms with E-state index in [-0.39, 0.29) is 11.9 Å². The fourth-order valence-electron chi connectivity index (χ4n) is 2.01. The Kier molecular flexibility index (Phi) is 2.96. The van der Waals surface area contributed by atoms with E-state index in [1.165, 1.54) is 0 Å². The van der Waals surface area contributed by atoms with Crippen LogP contribution in [-0.4, -0.2) is 23.5 Å². The Bertz CT molecular complexity index is 504. The van der Waals surface area contributed by atoms with E-state index in [1.807, 2.05) is 19.9 Å². The van der Waals surface area contributed by atoms with Crippen molar-refractivity contribution in [2.75, 3.05) is 11.9 Å². The largest absolute Gasteiger partial charge is 0.379 e. The number of carbonyl (C=O) groups is 1. The Hall–Kier alpha value is -2.09. The van der Waals surface area contributed by atoms with Gasteiger partial charge in [0.1, 0.15) is 6.07 Å². The van der Waals surface area contributed by atoms with Gasteiger partial charge in [-0.05, 0) is 19.9 Å². The topological polar surface area (TPSA) is 77.8 Å². The van der Waals surface area contributed by atoms with E-state index in [2.05, 4.69) is 21.7 Å². The molecule has 1 aliphatic heterocycles. The van der Waals surface area contributed by atoms with Gasteiger partial charge >= 0.3 is 0 Å². The molecule has 0 radical (unpaired) electrons. The van der Waals surface area contributed by atoms with E-state index in [1.54, 1.807) is 0 Å². The van der Waals surface area contributed by atoms with Crippen LogP contribution in [-0.2, 0) is 4.79 Å². The van der Waals surface area contributed by atoms with Crippen molar-refractivity contribution in [1.82, 2.24) is 10.3 Å². The summed E-state index contributed by atoms with van der Waals surface area (Å²) < 4.78 is 0. The lowest BCUT2D eigenvalue weighted by Crippen LogP contribution is -2.23. The fourth-order valence-corrected chi connectivity index (χ4v) is 2.01. The number of nitrogens with zero attached hydrogens (tertiary/aromatic N) is 2. The number of anilines is 1. The third-order valence-electron chi connectivity index (χ3n) is 2.78. The first kappa shape index (κ1) is 11.4. The smallest absolute Gasteiger partial charge is 0.222 e. The monoisotopic (exact) mass is 230 g/mol. The van der Waals surface area contributed by atoms with Crippen LogP contribution in [0.25, 0.3) is 0 Å². The van der Waals surface area contributed by atoms with E-state index in [4.69, 9.17) is 5.26 Å². The predicted octanol–water partition coefficient (Wildman–Crippen LogP) is 0.871. The number of aromatic nitrogens is 1. The van der Waals surface area contributed by atoms with Crippen LogP contribution in [0.2, 0.25) is 0 Å². The van der Waals surface area contributed by atoms with Gasteiger partial charge < -0.3 is 10.6 Å². The quantitative estimate of drug-likeness (QED) is 0.790. The van der Waals surface area contributed by atoms with Crippen molar-refractivity contribution < 1.29 is 4.79 Å². The SMILES string of the molecule is Cc1cc(NC2CNC(=O)C2)c(C#N)c(C)n1. The van der Waals surface area contributed by atoms with Gasteiger partial charge in [0.15, 0.2) is 0 Å². The molecule has 0 aliphatic carbocycles. The lowest BCUT2D eigenvalue weighted by atomic mass is 10.1. The Labute approximate surface area is 99.9 Å². The normalized spacial score (nSPS) is 18.6. The summed E-state index contributed by atoms with van der Waals surface area (Å²) in [6.45, 7) is 4.30. The van der Waals surface area contributed by atoms with Crippen LogP contribution >= 0.6 is 0 Å². The minimum atomic E-state index is 0.0449. The van der Waals surface area contributed by atoms with E-state index in [0.717, 1.165) is 11.4 Å². The third-order valence-corrected chi connectivity index (χ3v) is 2.78. The summed E-state index contributed by atoms with van der Waals surface area (Å²) in [5, 5.41) is 15.1. The highest BCUT2D eigenvalue weighted by Crippen LogP contribution is 2.20. The first-order valence-corrected chi connectivity index (χ1v) is 5.51. The highest BCUT2D eigenvalue weighted by atomic mass is 16.1. The van der Waals surface area contributed by atoms with Crippen LogP contribution < -0.4 is 10.6 Å². The van der Waals surface area contributed by atoms with E-state index in [0.29, 0.717) is 24.2 Å².